The highest BCUT2D eigenvalue weighted by atomic mass is 32.1. The van der Waals surface area contributed by atoms with Gasteiger partial charge >= 0.3 is 0 Å². The quantitative estimate of drug-likeness (QED) is 0.236. The first-order chi connectivity index (χ1) is 16.2. The molecular weight excluding hydrogens is 418 g/mol. The topological polar surface area (TPSA) is 3.88 Å². The Morgan fingerprint density at radius 3 is 2.48 bits per heavy atom. The summed E-state index contributed by atoms with van der Waals surface area (Å²) < 4.78 is 14.2. The van der Waals surface area contributed by atoms with E-state index in [1.165, 1.54) is 53.3 Å². The predicted molar refractivity (Wildman–Crippen MR) is 143 cm³/mol. The van der Waals surface area contributed by atoms with Gasteiger partial charge in [-0.2, -0.15) is 0 Å². The van der Waals surface area contributed by atoms with E-state index in [1.807, 2.05) is 11.3 Å². The fourth-order valence-electron chi connectivity index (χ4n) is 5.52. The van der Waals surface area contributed by atoms with Gasteiger partial charge in [0, 0.05) is 27.8 Å². The summed E-state index contributed by atoms with van der Waals surface area (Å²) in [5.41, 5.74) is 5.39. The van der Waals surface area contributed by atoms with Crippen molar-refractivity contribution in [3.63, 3.8) is 0 Å². The Hall–Kier alpha value is -2.71. The summed E-state index contributed by atoms with van der Waals surface area (Å²) in [6, 6.07) is 22.3. The average molecular weight is 452 g/mol. The zero-order valence-corrected chi connectivity index (χ0v) is 20.9. The summed E-state index contributed by atoms with van der Waals surface area (Å²) in [6.45, 7) is 6.87. The normalized spacial score (nSPS) is 18.1. The smallest absolute Gasteiger partial charge is 0.200 e. The van der Waals surface area contributed by atoms with Crippen LogP contribution in [0.1, 0.15) is 57.9 Å². The maximum absolute atomic E-state index is 9.21. The third-order valence-corrected chi connectivity index (χ3v) is 8.95. The van der Waals surface area contributed by atoms with Crippen LogP contribution in [0.4, 0.5) is 0 Å². The van der Waals surface area contributed by atoms with E-state index in [2.05, 4.69) is 99.2 Å². The molecule has 0 N–H and O–H groups in total. The lowest BCUT2D eigenvalue weighted by Gasteiger charge is -2.34. The molecule has 2 heteroatoms. The van der Waals surface area contributed by atoms with Gasteiger partial charge in [-0.05, 0) is 71.9 Å². The van der Waals surface area contributed by atoms with E-state index >= 15 is 0 Å². The molecule has 0 atom stereocenters. The van der Waals surface area contributed by atoms with Crippen LogP contribution in [0.25, 0.3) is 42.2 Å². The Morgan fingerprint density at radius 1 is 0.939 bits per heavy atom. The molecule has 0 bridgehead atoms. The van der Waals surface area contributed by atoms with Crippen LogP contribution in [0.2, 0.25) is 0 Å². The molecule has 3 aromatic carbocycles. The largest absolute Gasteiger partial charge is 0.213 e. The van der Waals surface area contributed by atoms with E-state index in [1.54, 1.807) is 0 Å². The van der Waals surface area contributed by atoms with Crippen LogP contribution in [0.5, 0.6) is 0 Å². The number of fused-ring (bicyclic) bond motifs is 5. The molecule has 1 aliphatic rings. The third kappa shape index (κ3) is 3.56. The summed E-state index contributed by atoms with van der Waals surface area (Å²) >= 11 is 1.89. The van der Waals surface area contributed by atoms with Crippen molar-refractivity contribution in [3.05, 3.63) is 78.0 Å². The summed E-state index contributed by atoms with van der Waals surface area (Å²) in [6.07, 6.45) is 6.45. The molecule has 5 aromatic rings. The van der Waals surface area contributed by atoms with Crippen LogP contribution in [-0.2, 0) is 7.05 Å². The van der Waals surface area contributed by atoms with Gasteiger partial charge in [-0.3, -0.25) is 0 Å². The average Bonchev–Trinajstić information content (AvgIpc) is 3.18. The molecule has 6 rings (SSSR count). The van der Waals surface area contributed by atoms with Gasteiger partial charge in [-0.1, -0.05) is 62.4 Å². The first-order valence-electron chi connectivity index (χ1n) is 12.6. The van der Waals surface area contributed by atoms with Gasteiger partial charge in [-0.15, -0.1) is 11.3 Å². The SMILES string of the molecule is [2H]C1(c2ccc3c(ccc4c5c[n+](C)c(-c6ccccc6C)cc5sc34)c2)CCC(C)(C)CC1. The third-order valence-electron chi connectivity index (χ3n) is 7.74. The Kier molecular flexibility index (Phi) is 4.59. The van der Waals surface area contributed by atoms with Crippen molar-refractivity contribution >= 4 is 42.3 Å². The minimum absolute atomic E-state index is 0.373. The molecule has 1 aliphatic carbocycles. The molecule has 0 aliphatic heterocycles. The van der Waals surface area contributed by atoms with Crippen LogP contribution < -0.4 is 4.57 Å². The first-order valence-corrected chi connectivity index (χ1v) is 12.9. The van der Waals surface area contributed by atoms with E-state index < -0.39 is 5.89 Å². The van der Waals surface area contributed by atoms with Crippen molar-refractivity contribution in [2.24, 2.45) is 12.5 Å². The van der Waals surface area contributed by atoms with Crippen molar-refractivity contribution in [2.45, 2.75) is 52.3 Å². The Morgan fingerprint density at radius 2 is 1.70 bits per heavy atom. The zero-order chi connectivity index (χ0) is 23.7. The van der Waals surface area contributed by atoms with Crippen LogP contribution in [0.15, 0.2) is 66.9 Å². The Labute approximate surface area is 202 Å². The zero-order valence-electron chi connectivity index (χ0n) is 21.0. The Bertz CT molecular complexity index is 1570. The highest BCUT2D eigenvalue weighted by Gasteiger charge is 2.27. The molecule has 0 unspecified atom stereocenters. The number of benzene rings is 3. The molecular formula is C31H32NS+. The van der Waals surface area contributed by atoms with E-state index in [9.17, 15) is 1.37 Å². The second-order valence-corrected chi connectivity index (χ2v) is 11.7. The van der Waals surface area contributed by atoms with Gasteiger partial charge < -0.3 is 0 Å². The highest BCUT2D eigenvalue weighted by molar-refractivity contribution is 7.26. The fraction of sp³-hybridized carbons (Fsp3) is 0.323. The number of aryl methyl sites for hydroxylation is 2. The summed E-state index contributed by atoms with van der Waals surface area (Å²) in [7, 11) is 2.15. The van der Waals surface area contributed by atoms with E-state index in [-0.39, 0.29) is 0 Å². The van der Waals surface area contributed by atoms with Crippen molar-refractivity contribution in [2.75, 3.05) is 0 Å². The first kappa shape index (κ1) is 19.7. The van der Waals surface area contributed by atoms with E-state index in [0.29, 0.717) is 5.41 Å². The molecule has 0 saturated heterocycles. The highest BCUT2D eigenvalue weighted by Crippen LogP contribution is 2.44. The number of rotatable bonds is 2. The molecule has 2 aromatic heterocycles. The van der Waals surface area contributed by atoms with Crippen LogP contribution in [0.3, 0.4) is 0 Å². The fourth-order valence-corrected chi connectivity index (χ4v) is 6.76. The van der Waals surface area contributed by atoms with E-state index in [4.69, 9.17) is 0 Å². The number of pyridine rings is 1. The predicted octanol–water partition coefficient (Wildman–Crippen LogP) is 8.69. The number of hydrogen-bond donors (Lipinski definition) is 0. The van der Waals surface area contributed by atoms with Crippen molar-refractivity contribution in [1.29, 1.82) is 0 Å². The van der Waals surface area contributed by atoms with Gasteiger partial charge in [-0.25, -0.2) is 4.57 Å². The molecule has 1 fully saturated rings. The maximum Gasteiger partial charge on any atom is 0.213 e. The van der Waals surface area contributed by atoms with Gasteiger partial charge in [0.15, 0.2) is 6.20 Å². The van der Waals surface area contributed by atoms with Crippen LogP contribution in [-0.4, -0.2) is 0 Å². The van der Waals surface area contributed by atoms with Gasteiger partial charge in [0.2, 0.25) is 5.69 Å². The number of aromatic nitrogens is 1. The molecule has 166 valence electrons. The van der Waals surface area contributed by atoms with Crippen LogP contribution >= 0.6 is 11.3 Å². The second kappa shape index (κ2) is 7.67. The summed E-state index contributed by atoms with van der Waals surface area (Å²) in [5, 5.41) is 5.21. The molecule has 1 nitrogen and oxygen atoms in total. The van der Waals surface area contributed by atoms with Crippen molar-refractivity contribution in [3.8, 4) is 11.3 Å². The number of thiophene rings is 1. The lowest BCUT2D eigenvalue weighted by Crippen LogP contribution is -2.30. The van der Waals surface area contributed by atoms with Gasteiger partial charge in [0.25, 0.3) is 0 Å². The maximum atomic E-state index is 9.21. The molecule has 1 saturated carbocycles. The Balaban J connectivity index is 1.48. The van der Waals surface area contributed by atoms with Crippen LogP contribution in [0, 0.1) is 12.3 Å². The molecule has 33 heavy (non-hydrogen) atoms. The molecule has 2 heterocycles. The lowest BCUT2D eigenvalue weighted by molar-refractivity contribution is -0.659. The summed E-state index contributed by atoms with van der Waals surface area (Å²) in [4.78, 5) is 0. The lowest BCUT2D eigenvalue weighted by atomic mass is 9.71. The monoisotopic (exact) mass is 451 g/mol. The molecule has 0 radical (unpaired) electrons. The minimum atomic E-state index is -0.449. The number of nitrogens with zero attached hydrogens (tertiary/aromatic N) is 1. The summed E-state index contributed by atoms with van der Waals surface area (Å²) in [5.74, 6) is -0.449. The van der Waals surface area contributed by atoms with Crippen molar-refractivity contribution < 1.29 is 5.94 Å². The number of hydrogen-bond acceptors (Lipinski definition) is 1. The van der Waals surface area contributed by atoms with Gasteiger partial charge in [0.05, 0.1) is 5.39 Å². The standard InChI is InChI=1S/C31H32NS/c1-20-7-5-6-8-24(20)28-18-29-27(19-32(28)4)26-12-10-23-17-22(9-11-25(23)30(26)33-29)21-13-15-31(2,3)16-14-21/h5-12,17-19,21H,13-16H2,1-4H3/q+1/i21D. The van der Waals surface area contributed by atoms with Gasteiger partial charge in [0.1, 0.15) is 7.05 Å². The second-order valence-electron chi connectivity index (χ2n) is 10.6. The van der Waals surface area contributed by atoms with E-state index in [0.717, 1.165) is 25.7 Å². The minimum Gasteiger partial charge on any atom is -0.200 e. The molecule has 0 spiro atoms. The van der Waals surface area contributed by atoms with Crippen molar-refractivity contribution in [1.82, 2.24) is 0 Å². The molecule has 0 amide bonds.